The maximum absolute atomic E-state index is 13.8. The molecule has 2 N–H and O–H groups in total. The Morgan fingerprint density at radius 1 is 1.13 bits per heavy atom. The molecule has 200 valence electrons. The van der Waals surface area contributed by atoms with E-state index in [1.165, 1.54) is 0 Å². The van der Waals surface area contributed by atoms with Gasteiger partial charge in [0.15, 0.2) is 11.6 Å². The Labute approximate surface area is 238 Å². The normalized spacial score (nSPS) is 18.6. The minimum absolute atomic E-state index is 0.0439. The summed E-state index contributed by atoms with van der Waals surface area (Å²) in [4.78, 5) is 18.6. The fourth-order valence-electron chi connectivity index (χ4n) is 4.20. The average molecular weight is 624 g/mol. The molecule has 3 aromatic carbocycles. The van der Waals surface area contributed by atoms with E-state index in [-0.39, 0.29) is 25.5 Å². The van der Waals surface area contributed by atoms with Crippen molar-refractivity contribution in [2.75, 3.05) is 26.4 Å². The van der Waals surface area contributed by atoms with Gasteiger partial charge in [-0.15, -0.1) is 0 Å². The third-order valence-electron chi connectivity index (χ3n) is 6.04. The molecule has 1 heterocycles. The second-order valence-electron chi connectivity index (χ2n) is 8.70. The number of alkyl halides is 1. The first-order chi connectivity index (χ1) is 18.4. The van der Waals surface area contributed by atoms with Gasteiger partial charge in [0, 0.05) is 51.6 Å². The number of aliphatic imine (C=N–C) groups is 1. The van der Waals surface area contributed by atoms with Crippen LogP contribution in [0, 0.1) is 0 Å². The molecular formula is C28H26BrCl2FN2O4. The lowest BCUT2D eigenvalue weighted by Crippen LogP contribution is -2.50. The Balaban J connectivity index is 1.79. The minimum Gasteiger partial charge on any atom is -0.494 e. The van der Waals surface area contributed by atoms with E-state index in [0.29, 0.717) is 39.9 Å². The lowest BCUT2D eigenvalue weighted by atomic mass is 9.82. The molecule has 3 aromatic rings. The number of carbonyl (C=O) groups excluding carboxylic acids is 1. The molecule has 4 rings (SSSR count). The standard InChI is InChI=1S/C28H26BrCl2FN2O4/c29-20-6-2-18(3-7-20)17-28(27(36)33-13-12-32)25(23-11-8-21(30)16-24(23)31)38-26(34-28)19-4-9-22(10-5-19)37-15-1-14-35/h2-11,16,25,35H,1,12-15,17H2,(H,33,36)/t25-,28-/m1/s1. The Morgan fingerprint density at radius 3 is 2.53 bits per heavy atom. The summed E-state index contributed by atoms with van der Waals surface area (Å²) in [5, 5.41) is 12.4. The van der Waals surface area contributed by atoms with Crippen LogP contribution in [-0.4, -0.2) is 48.9 Å². The molecule has 1 aliphatic rings. The van der Waals surface area contributed by atoms with Gasteiger partial charge in [0.05, 0.1) is 6.61 Å². The predicted molar refractivity (Wildman–Crippen MR) is 150 cm³/mol. The molecule has 0 aromatic heterocycles. The van der Waals surface area contributed by atoms with Crippen LogP contribution in [0.15, 0.2) is 76.2 Å². The Hall–Kier alpha value is -2.65. The van der Waals surface area contributed by atoms with Crippen LogP contribution in [0.1, 0.15) is 29.2 Å². The summed E-state index contributed by atoms with van der Waals surface area (Å²) in [6.45, 7) is -0.452. The van der Waals surface area contributed by atoms with Crippen molar-refractivity contribution >= 4 is 50.9 Å². The van der Waals surface area contributed by atoms with Gasteiger partial charge in [-0.05, 0) is 54.1 Å². The monoisotopic (exact) mass is 622 g/mol. The molecule has 6 nitrogen and oxygen atoms in total. The van der Waals surface area contributed by atoms with Crippen LogP contribution in [0.5, 0.6) is 5.75 Å². The third kappa shape index (κ3) is 6.49. The van der Waals surface area contributed by atoms with Crippen molar-refractivity contribution in [1.82, 2.24) is 5.32 Å². The number of rotatable bonds is 11. The summed E-state index contributed by atoms with van der Waals surface area (Å²) in [5.41, 5.74) is 0.517. The molecule has 10 heteroatoms. The first-order valence-electron chi connectivity index (χ1n) is 12.0. The van der Waals surface area contributed by atoms with Crippen LogP contribution in [0.3, 0.4) is 0 Å². The number of halogens is 4. The van der Waals surface area contributed by atoms with E-state index in [2.05, 4.69) is 21.2 Å². The molecule has 0 bridgehead atoms. The zero-order valence-corrected chi connectivity index (χ0v) is 23.4. The van der Waals surface area contributed by atoms with Gasteiger partial charge >= 0.3 is 0 Å². The molecule has 0 saturated heterocycles. The highest BCUT2D eigenvalue weighted by Crippen LogP contribution is 2.45. The van der Waals surface area contributed by atoms with E-state index in [1.807, 2.05) is 24.3 Å². The zero-order chi connectivity index (χ0) is 27.1. The number of ether oxygens (including phenoxy) is 2. The van der Waals surface area contributed by atoms with Crippen molar-refractivity contribution in [2.45, 2.75) is 24.5 Å². The van der Waals surface area contributed by atoms with E-state index in [9.17, 15) is 9.18 Å². The number of nitrogens with one attached hydrogen (secondary N) is 1. The summed E-state index contributed by atoms with van der Waals surface area (Å²) in [5.74, 6) is 0.392. The van der Waals surface area contributed by atoms with Gasteiger partial charge in [-0.2, -0.15) is 0 Å². The van der Waals surface area contributed by atoms with E-state index in [4.69, 9.17) is 42.8 Å². The smallest absolute Gasteiger partial charge is 0.252 e. The fraction of sp³-hybridized carbons (Fsp3) is 0.286. The largest absolute Gasteiger partial charge is 0.494 e. The summed E-state index contributed by atoms with van der Waals surface area (Å²) in [7, 11) is 0. The van der Waals surface area contributed by atoms with E-state index < -0.39 is 24.2 Å². The van der Waals surface area contributed by atoms with Crippen LogP contribution in [0.4, 0.5) is 4.39 Å². The Bertz CT molecular complexity index is 1290. The summed E-state index contributed by atoms with van der Waals surface area (Å²) in [6, 6.07) is 19.6. The van der Waals surface area contributed by atoms with Gasteiger partial charge in [-0.25, -0.2) is 9.38 Å². The molecule has 0 unspecified atom stereocenters. The lowest BCUT2D eigenvalue weighted by molar-refractivity contribution is -0.129. The summed E-state index contributed by atoms with van der Waals surface area (Å²) >= 11 is 16.2. The molecule has 0 radical (unpaired) electrons. The van der Waals surface area contributed by atoms with Crippen molar-refractivity contribution in [1.29, 1.82) is 0 Å². The van der Waals surface area contributed by atoms with Gasteiger partial charge < -0.3 is 19.9 Å². The van der Waals surface area contributed by atoms with Crippen molar-refractivity contribution in [3.8, 4) is 5.75 Å². The van der Waals surface area contributed by atoms with Crippen LogP contribution >= 0.6 is 39.1 Å². The van der Waals surface area contributed by atoms with Crippen molar-refractivity contribution < 1.29 is 23.8 Å². The molecule has 0 aliphatic carbocycles. The van der Waals surface area contributed by atoms with Gasteiger partial charge in [-0.1, -0.05) is 57.3 Å². The summed E-state index contributed by atoms with van der Waals surface area (Å²) in [6.07, 6.45) is -0.215. The van der Waals surface area contributed by atoms with Gasteiger partial charge in [0.2, 0.25) is 5.90 Å². The van der Waals surface area contributed by atoms with Crippen LogP contribution in [0.2, 0.25) is 10.0 Å². The van der Waals surface area contributed by atoms with Crippen LogP contribution in [0.25, 0.3) is 0 Å². The first-order valence-corrected chi connectivity index (χ1v) is 13.6. The number of amides is 1. The molecule has 2 atom stereocenters. The Kier molecular flexibility index (Phi) is 9.65. The number of carbonyl (C=O) groups is 1. The first kappa shape index (κ1) is 28.4. The molecule has 0 spiro atoms. The topological polar surface area (TPSA) is 80.2 Å². The van der Waals surface area contributed by atoms with Crippen molar-refractivity contribution in [2.24, 2.45) is 4.99 Å². The highest BCUT2D eigenvalue weighted by molar-refractivity contribution is 9.10. The lowest BCUT2D eigenvalue weighted by Gasteiger charge is -2.31. The minimum atomic E-state index is -1.48. The molecule has 1 aliphatic heterocycles. The second-order valence-corrected chi connectivity index (χ2v) is 10.5. The predicted octanol–water partition coefficient (Wildman–Crippen LogP) is 6.10. The second kappa shape index (κ2) is 12.9. The molecule has 38 heavy (non-hydrogen) atoms. The van der Waals surface area contributed by atoms with Gasteiger partial charge in [-0.3, -0.25) is 4.79 Å². The van der Waals surface area contributed by atoms with Gasteiger partial charge in [0.25, 0.3) is 5.91 Å². The number of benzene rings is 3. The number of aliphatic hydroxyl groups excluding tert-OH is 1. The number of nitrogens with zero attached hydrogens (tertiary/aromatic N) is 1. The highest BCUT2D eigenvalue weighted by atomic mass is 79.9. The van der Waals surface area contributed by atoms with E-state index >= 15 is 0 Å². The maximum atomic E-state index is 13.8. The zero-order valence-electron chi connectivity index (χ0n) is 20.3. The SMILES string of the molecule is O=C(NCCF)[C@]1(Cc2ccc(Br)cc2)N=C(c2ccc(OCCCO)cc2)O[C@@H]1c1ccc(Cl)cc1Cl. The molecule has 0 fully saturated rings. The highest BCUT2D eigenvalue weighted by Gasteiger charge is 2.53. The fourth-order valence-corrected chi connectivity index (χ4v) is 4.97. The number of aliphatic hydroxyl groups is 1. The van der Waals surface area contributed by atoms with E-state index in [1.54, 1.807) is 42.5 Å². The third-order valence-corrected chi connectivity index (χ3v) is 7.13. The Morgan fingerprint density at radius 2 is 1.87 bits per heavy atom. The quantitative estimate of drug-likeness (QED) is 0.253. The van der Waals surface area contributed by atoms with E-state index in [0.717, 1.165) is 10.0 Å². The van der Waals surface area contributed by atoms with Crippen LogP contribution < -0.4 is 10.1 Å². The number of hydrogen-bond acceptors (Lipinski definition) is 5. The molecular weight excluding hydrogens is 598 g/mol. The maximum Gasteiger partial charge on any atom is 0.252 e. The average Bonchev–Trinajstić information content (AvgIpc) is 3.29. The van der Waals surface area contributed by atoms with Crippen molar-refractivity contribution in [3.63, 3.8) is 0 Å². The van der Waals surface area contributed by atoms with Gasteiger partial charge in [0.1, 0.15) is 12.4 Å². The van der Waals surface area contributed by atoms with Crippen molar-refractivity contribution in [3.05, 3.63) is 97.9 Å². The van der Waals surface area contributed by atoms with Crippen LogP contribution in [-0.2, 0) is 16.0 Å². The summed E-state index contributed by atoms with van der Waals surface area (Å²) < 4.78 is 26.0. The number of hydrogen-bond donors (Lipinski definition) is 2. The molecule has 0 saturated carbocycles. The molecule has 1 amide bonds.